The molecule has 1 saturated heterocycles. The number of para-hydroxylation sites is 1. The van der Waals surface area contributed by atoms with E-state index < -0.39 is 14.9 Å². The molecule has 0 N–H and O–H groups in total. The molecule has 2 aromatic carbocycles. The average Bonchev–Trinajstić information content (AvgIpc) is 3.08. The van der Waals surface area contributed by atoms with E-state index >= 15 is 0 Å². The van der Waals surface area contributed by atoms with Gasteiger partial charge >= 0.3 is 0 Å². The Morgan fingerprint density at radius 1 is 1.22 bits per heavy atom. The fraction of sp³-hybridized carbons (Fsp3) is 0.368. The molecule has 0 spiro atoms. The van der Waals surface area contributed by atoms with E-state index in [1.54, 1.807) is 43.3 Å². The Morgan fingerprint density at radius 3 is 2.48 bits per heavy atom. The summed E-state index contributed by atoms with van der Waals surface area (Å²) >= 11 is 0. The number of hydrogen-bond donors (Lipinski definition) is 0. The van der Waals surface area contributed by atoms with E-state index in [0.29, 0.717) is 17.3 Å². The zero-order valence-corrected chi connectivity index (χ0v) is 16.2. The summed E-state index contributed by atoms with van der Waals surface area (Å²) < 4.78 is 27.5. The molecule has 1 unspecified atom stereocenters. The first-order chi connectivity index (χ1) is 12.8. The summed E-state index contributed by atoms with van der Waals surface area (Å²) in [5.41, 5.74) is 0.834. The predicted octanol–water partition coefficient (Wildman–Crippen LogP) is 3.66. The van der Waals surface area contributed by atoms with Crippen LogP contribution in [0.2, 0.25) is 0 Å². The molecule has 2 aromatic rings. The zero-order valence-electron chi connectivity index (χ0n) is 15.4. The minimum Gasteiger partial charge on any atom is -0.366 e. The Bertz CT molecular complexity index is 931. The van der Waals surface area contributed by atoms with Gasteiger partial charge < -0.3 is 4.90 Å². The van der Waals surface area contributed by atoms with E-state index in [2.05, 4.69) is 6.92 Å². The summed E-state index contributed by atoms with van der Waals surface area (Å²) in [6, 6.07) is 12.9. The fourth-order valence-corrected chi connectivity index (χ4v) is 4.94. The van der Waals surface area contributed by atoms with Gasteiger partial charge in [0.1, 0.15) is 5.69 Å². The first kappa shape index (κ1) is 19.2. The van der Waals surface area contributed by atoms with Gasteiger partial charge in [0.15, 0.2) is 0 Å². The van der Waals surface area contributed by atoms with Gasteiger partial charge in [0.25, 0.3) is 15.7 Å². The van der Waals surface area contributed by atoms with Crippen molar-refractivity contribution in [3.63, 3.8) is 0 Å². The molecule has 8 heteroatoms. The van der Waals surface area contributed by atoms with Crippen LogP contribution in [0.4, 0.5) is 17.1 Å². The molecule has 1 heterocycles. The Hall–Kier alpha value is -2.61. The molecule has 1 aliphatic heterocycles. The standard InChI is InChI=1S/C19H23N3O4S/c1-3-21(16-7-5-4-6-8-16)27(25,26)17-9-10-18(19(13-17)22(23)24)20-12-11-15(2)14-20/h4-10,13,15H,3,11-12,14H2,1-2H3. The van der Waals surface area contributed by atoms with E-state index in [-0.39, 0.29) is 17.1 Å². The van der Waals surface area contributed by atoms with Crippen molar-refractivity contribution in [3.8, 4) is 0 Å². The van der Waals surface area contributed by atoms with Crippen LogP contribution in [0.1, 0.15) is 20.3 Å². The van der Waals surface area contributed by atoms with Gasteiger partial charge in [-0.25, -0.2) is 8.42 Å². The SMILES string of the molecule is CCN(c1ccccc1)S(=O)(=O)c1ccc(N2CCC(C)C2)c([N+](=O)[O-])c1. The van der Waals surface area contributed by atoms with Crippen molar-refractivity contribution in [2.45, 2.75) is 25.2 Å². The molecule has 0 aromatic heterocycles. The lowest BCUT2D eigenvalue weighted by atomic mass is 10.2. The van der Waals surface area contributed by atoms with Crippen LogP contribution >= 0.6 is 0 Å². The lowest BCUT2D eigenvalue weighted by molar-refractivity contribution is -0.384. The van der Waals surface area contributed by atoms with Crippen molar-refractivity contribution in [3.05, 3.63) is 58.6 Å². The van der Waals surface area contributed by atoms with Gasteiger partial charge in [-0.05, 0) is 43.5 Å². The number of benzene rings is 2. The third-order valence-electron chi connectivity index (χ3n) is 4.83. The maximum Gasteiger partial charge on any atom is 0.293 e. The van der Waals surface area contributed by atoms with Crippen molar-refractivity contribution in [2.24, 2.45) is 5.92 Å². The Balaban J connectivity index is 2.03. The van der Waals surface area contributed by atoms with Gasteiger partial charge in [-0.15, -0.1) is 0 Å². The third kappa shape index (κ3) is 3.75. The molecule has 0 amide bonds. The number of sulfonamides is 1. The number of nitro groups is 1. The lowest BCUT2D eigenvalue weighted by Gasteiger charge is -2.24. The van der Waals surface area contributed by atoms with Crippen LogP contribution in [0.15, 0.2) is 53.4 Å². The maximum absolute atomic E-state index is 13.1. The molecule has 1 aliphatic rings. The molecule has 7 nitrogen and oxygen atoms in total. The van der Waals surface area contributed by atoms with E-state index in [0.717, 1.165) is 19.5 Å². The van der Waals surface area contributed by atoms with E-state index in [1.165, 1.54) is 16.4 Å². The summed E-state index contributed by atoms with van der Waals surface area (Å²) in [5, 5.41) is 11.6. The van der Waals surface area contributed by atoms with Crippen LogP contribution in [-0.4, -0.2) is 33.0 Å². The fourth-order valence-electron chi connectivity index (χ4n) is 3.44. The molecule has 0 aliphatic carbocycles. The average molecular weight is 389 g/mol. The van der Waals surface area contributed by atoms with Crippen molar-refractivity contribution in [1.29, 1.82) is 0 Å². The highest BCUT2D eigenvalue weighted by Crippen LogP contribution is 2.35. The molecule has 0 radical (unpaired) electrons. The van der Waals surface area contributed by atoms with Gasteiger partial charge in [-0.3, -0.25) is 14.4 Å². The van der Waals surface area contributed by atoms with Gasteiger partial charge in [-0.2, -0.15) is 0 Å². The second kappa shape index (κ2) is 7.56. The molecule has 27 heavy (non-hydrogen) atoms. The maximum atomic E-state index is 13.1. The molecule has 1 atom stereocenters. The number of hydrogen-bond acceptors (Lipinski definition) is 5. The second-order valence-corrected chi connectivity index (χ2v) is 8.62. The Morgan fingerprint density at radius 2 is 1.93 bits per heavy atom. The minimum absolute atomic E-state index is 0.0732. The zero-order chi connectivity index (χ0) is 19.6. The molecule has 0 saturated carbocycles. The second-order valence-electron chi connectivity index (χ2n) is 6.75. The van der Waals surface area contributed by atoms with Gasteiger partial charge in [0, 0.05) is 25.7 Å². The van der Waals surface area contributed by atoms with Crippen LogP contribution in [0.3, 0.4) is 0 Å². The summed E-state index contributed by atoms with van der Waals surface area (Å²) in [6.07, 6.45) is 0.967. The van der Waals surface area contributed by atoms with E-state index in [9.17, 15) is 18.5 Å². The van der Waals surface area contributed by atoms with Gasteiger partial charge in [0.2, 0.25) is 0 Å². The first-order valence-corrected chi connectivity index (χ1v) is 10.4. The van der Waals surface area contributed by atoms with Crippen molar-refractivity contribution in [1.82, 2.24) is 0 Å². The molecule has 0 bridgehead atoms. The number of rotatable bonds is 6. The molecule has 3 rings (SSSR count). The van der Waals surface area contributed by atoms with Crippen LogP contribution < -0.4 is 9.21 Å². The smallest absolute Gasteiger partial charge is 0.293 e. The number of anilines is 2. The van der Waals surface area contributed by atoms with Crippen LogP contribution in [0, 0.1) is 16.0 Å². The van der Waals surface area contributed by atoms with Crippen LogP contribution in [-0.2, 0) is 10.0 Å². The lowest BCUT2D eigenvalue weighted by Crippen LogP contribution is -2.31. The van der Waals surface area contributed by atoms with Gasteiger partial charge in [-0.1, -0.05) is 25.1 Å². The molecule has 144 valence electrons. The summed E-state index contributed by atoms with van der Waals surface area (Å²) in [7, 11) is -3.90. The number of nitrogens with zero attached hydrogens (tertiary/aromatic N) is 3. The van der Waals surface area contributed by atoms with Crippen molar-refractivity contribution in [2.75, 3.05) is 28.8 Å². The highest BCUT2D eigenvalue weighted by molar-refractivity contribution is 7.92. The normalized spacial score (nSPS) is 17.1. The highest BCUT2D eigenvalue weighted by atomic mass is 32.2. The highest BCUT2D eigenvalue weighted by Gasteiger charge is 2.30. The third-order valence-corrected chi connectivity index (χ3v) is 6.73. The van der Waals surface area contributed by atoms with Crippen molar-refractivity contribution < 1.29 is 13.3 Å². The van der Waals surface area contributed by atoms with Crippen LogP contribution in [0.25, 0.3) is 0 Å². The Kier molecular flexibility index (Phi) is 5.36. The molecular formula is C19H23N3O4S. The monoisotopic (exact) mass is 389 g/mol. The molecule has 1 fully saturated rings. The minimum atomic E-state index is -3.90. The first-order valence-electron chi connectivity index (χ1n) is 8.95. The van der Waals surface area contributed by atoms with Gasteiger partial charge in [0.05, 0.1) is 15.5 Å². The van der Waals surface area contributed by atoms with E-state index in [1.807, 2.05) is 4.90 Å². The quantitative estimate of drug-likeness (QED) is 0.556. The largest absolute Gasteiger partial charge is 0.366 e. The predicted molar refractivity (Wildman–Crippen MR) is 106 cm³/mol. The summed E-state index contributed by atoms with van der Waals surface area (Å²) in [4.78, 5) is 13.0. The number of nitro benzene ring substituents is 1. The topological polar surface area (TPSA) is 83.8 Å². The van der Waals surface area contributed by atoms with Crippen LogP contribution in [0.5, 0.6) is 0 Å². The van der Waals surface area contributed by atoms with E-state index in [4.69, 9.17) is 0 Å². The summed E-state index contributed by atoms with van der Waals surface area (Å²) in [5.74, 6) is 0.460. The summed E-state index contributed by atoms with van der Waals surface area (Å²) in [6.45, 7) is 5.53. The molecular weight excluding hydrogens is 366 g/mol. The Labute approximate surface area is 159 Å². The van der Waals surface area contributed by atoms with Crippen molar-refractivity contribution >= 4 is 27.1 Å².